The lowest BCUT2D eigenvalue weighted by Gasteiger charge is -2.19. The second kappa shape index (κ2) is 7.81. The van der Waals surface area contributed by atoms with Crippen LogP contribution < -0.4 is 4.31 Å². The van der Waals surface area contributed by atoms with Crippen LogP contribution in [0.5, 0.6) is 0 Å². The van der Waals surface area contributed by atoms with E-state index in [0.717, 1.165) is 17.5 Å². The van der Waals surface area contributed by atoms with Gasteiger partial charge in [0.2, 0.25) is 5.82 Å². The van der Waals surface area contributed by atoms with Crippen molar-refractivity contribution in [3.05, 3.63) is 71.6 Å². The van der Waals surface area contributed by atoms with Crippen molar-refractivity contribution in [3.8, 4) is 22.2 Å². The lowest BCUT2D eigenvalue weighted by Crippen LogP contribution is -2.26. The van der Waals surface area contributed by atoms with Crippen molar-refractivity contribution in [2.75, 3.05) is 11.4 Å². The molecule has 0 radical (unpaired) electrons. The zero-order valence-electron chi connectivity index (χ0n) is 15.9. The molecule has 0 N–H and O–H groups in total. The summed E-state index contributed by atoms with van der Waals surface area (Å²) in [5.41, 5.74) is 2.54. The third-order valence-electron chi connectivity index (χ3n) is 4.63. The first-order chi connectivity index (χ1) is 14.0. The summed E-state index contributed by atoms with van der Waals surface area (Å²) < 4.78 is 33.2. The standard InChI is InChI=1S/C21H19N3O3S2/c1-3-15-9-11-17(12-10-15)24(2)29(25,26)18-13-14-28-19(18)21-22-20(23-27-21)16-7-5-4-6-8-16/h4-14H,3H2,1-2H3. The third kappa shape index (κ3) is 3.68. The van der Waals surface area contributed by atoms with Crippen molar-refractivity contribution in [2.24, 2.45) is 0 Å². The molecule has 2 aromatic carbocycles. The average molecular weight is 426 g/mol. The maximum Gasteiger partial charge on any atom is 0.269 e. The number of hydrogen-bond acceptors (Lipinski definition) is 6. The van der Waals surface area contributed by atoms with E-state index >= 15 is 0 Å². The Bertz CT molecular complexity index is 1210. The molecule has 2 heterocycles. The molecule has 8 heteroatoms. The summed E-state index contributed by atoms with van der Waals surface area (Å²) in [7, 11) is -2.24. The van der Waals surface area contributed by atoms with Gasteiger partial charge in [-0.3, -0.25) is 4.31 Å². The van der Waals surface area contributed by atoms with E-state index in [1.54, 1.807) is 18.5 Å². The highest BCUT2D eigenvalue weighted by molar-refractivity contribution is 7.93. The second-order valence-corrected chi connectivity index (χ2v) is 9.25. The molecule has 0 atom stereocenters. The fourth-order valence-corrected chi connectivity index (χ4v) is 5.42. The number of rotatable bonds is 6. The van der Waals surface area contributed by atoms with Gasteiger partial charge in [0, 0.05) is 12.6 Å². The number of sulfonamides is 1. The lowest BCUT2D eigenvalue weighted by atomic mass is 10.1. The Morgan fingerprint density at radius 2 is 1.76 bits per heavy atom. The van der Waals surface area contributed by atoms with E-state index in [1.165, 1.54) is 15.6 Å². The number of thiophene rings is 1. The summed E-state index contributed by atoms with van der Waals surface area (Å²) >= 11 is 1.25. The third-order valence-corrected chi connectivity index (χ3v) is 7.49. The molecule has 0 amide bonds. The van der Waals surface area contributed by atoms with Gasteiger partial charge in [0.15, 0.2) is 0 Å². The number of anilines is 1. The number of nitrogens with zero attached hydrogens (tertiary/aromatic N) is 3. The molecule has 29 heavy (non-hydrogen) atoms. The maximum atomic E-state index is 13.3. The molecule has 4 rings (SSSR count). The van der Waals surface area contributed by atoms with Crippen LogP contribution in [0.1, 0.15) is 12.5 Å². The van der Waals surface area contributed by atoms with Crippen LogP contribution in [0.4, 0.5) is 5.69 Å². The van der Waals surface area contributed by atoms with E-state index in [1.807, 2.05) is 54.6 Å². The van der Waals surface area contributed by atoms with E-state index in [0.29, 0.717) is 16.4 Å². The lowest BCUT2D eigenvalue weighted by molar-refractivity contribution is 0.432. The van der Waals surface area contributed by atoms with Crippen molar-refractivity contribution in [1.29, 1.82) is 0 Å². The first-order valence-corrected chi connectivity index (χ1v) is 11.4. The van der Waals surface area contributed by atoms with Crippen LogP contribution in [0.2, 0.25) is 0 Å². The first kappa shape index (κ1) is 19.4. The Kier molecular flexibility index (Phi) is 5.21. The molecule has 0 unspecified atom stereocenters. The van der Waals surface area contributed by atoms with Gasteiger partial charge in [-0.05, 0) is 35.6 Å². The van der Waals surface area contributed by atoms with E-state index in [-0.39, 0.29) is 10.8 Å². The fourth-order valence-electron chi connectivity index (χ4n) is 2.90. The number of aromatic nitrogens is 2. The predicted octanol–water partition coefficient (Wildman–Crippen LogP) is 4.85. The molecule has 6 nitrogen and oxygen atoms in total. The Morgan fingerprint density at radius 1 is 1.03 bits per heavy atom. The van der Waals surface area contributed by atoms with Crippen molar-refractivity contribution in [3.63, 3.8) is 0 Å². The number of benzene rings is 2. The van der Waals surface area contributed by atoms with Gasteiger partial charge in [-0.25, -0.2) is 8.42 Å². The normalized spacial score (nSPS) is 11.5. The minimum atomic E-state index is -3.79. The van der Waals surface area contributed by atoms with Crippen LogP contribution in [-0.4, -0.2) is 25.6 Å². The van der Waals surface area contributed by atoms with Crippen molar-refractivity contribution >= 4 is 27.0 Å². The van der Waals surface area contributed by atoms with Gasteiger partial charge in [-0.2, -0.15) is 4.98 Å². The Balaban J connectivity index is 1.69. The summed E-state index contributed by atoms with van der Waals surface area (Å²) in [6, 6.07) is 18.4. The zero-order valence-corrected chi connectivity index (χ0v) is 17.6. The molecule has 0 spiro atoms. The van der Waals surface area contributed by atoms with E-state index < -0.39 is 10.0 Å². The SMILES string of the molecule is CCc1ccc(N(C)S(=O)(=O)c2ccsc2-c2nc(-c3ccccc3)no2)cc1. The molecule has 4 aromatic rings. The molecule has 0 saturated carbocycles. The van der Waals surface area contributed by atoms with Crippen LogP contribution in [0.3, 0.4) is 0 Å². The van der Waals surface area contributed by atoms with Crippen LogP contribution in [-0.2, 0) is 16.4 Å². The quantitative estimate of drug-likeness (QED) is 0.441. The highest BCUT2D eigenvalue weighted by Crippen LogP contribution is 2.35. The van der Waals surface area contributed by atoms with E-state index in [4.69, 9.17) is 4.52 Å². The topological polar surface area (TPSA) is 76.3 Å². The van der Waals surface area contributed by atoms with Crippen LogP contribution in [0, 0.1) is 0 Å². The summed E-state index contributed by atoms with van der Waals surface area (Å²) in [4.78, 5) is 4.98. The van der Waals surface area contributed by atoms with Crippen LogP contribution in [0.25, 0.3) is 22.2 Å². The van der Waals surface area contributed by atoms with Gasteiger partial charge in [-0.1, -0.05) is 54.5 Å². The summed E-state index contributed by atoms with van der Waals surface area (Å²) in [6.45, 7) is 2.06. The van der Waals surface area contributed by atoms with Gasteiger partial charge in [0.1, 0.15) is 9.77 Å². The summed E-state index contributed by atoms with van der Waals surface area (Å²) in [5.74, 6) is 0.605. The smallest absolute Gasteiger partial charge is 0.269 e. The van der Waals surface area contributed by atoms with Gasteiger partial charge in [0.05, 0.1) is 5.69 Å². The van der Waals surface area contributed by atoms with Gasteiger partial charge >= 0.3 is 0 Å². The monoisotopic (exact) mass is 425 g/mol. The van der Waals surface area contributed by atoms with Crippen LogP contribution in [0.15, 0.2) is 75.5 Å². The minimum absolute atomic E-state index is 0.146. The van der Waals surface area contributed by atoms with Crippen molar-refractivity contribution in [1.82, 2.24) is 10.1 Å². The molecule has 0 aliphatic carbocycles. The summed E-state index contributed by atoms with van der Waals surface area (Å²) in [6.07, 6.45) is 0.895. The zero-order chi connectivity index (χ0) is 20.4. The minimum Gasteiger partial charge on any atom is -0.333 e. The Morgan fingerprint density at radius 3 is 2.45 bits per heavy atom. The predicted molar refractivity (Wildman–Crippen MR) is 114 cm³/mol. The Labute approximate surface area is 173 Å². The molecule has 0 fully saturated rings. The molecular formula is C21H19N3O3S2. The van der Waals surface area contributed by atoms with Crippen LogP contribution >= 0.6 is 11.3 Å². The van der Waals surface area contributed by atoms with Crippen molar-refractivity contribution in [2.45, 2.75) is 18.2 Å². The van der Waals surface area contributed by atoms with Crippen molar-refractivity contribution < 1.29 is 12.9 Å². The second-order valence-electron chi connectivity index (χ2n) is 6.40. The molecule has 0 bridgehead atoms. The Hall–Kier alpha value is -2.97. The fraction of sp³-hybridized carbons (Fsp3) is 0.143. The molecule has 148 valence electrons. The largest absolute Gasteiger partial charge is 0.333 e. The van der Waals surface area contributed by atoms with Gasteiger partial charge < -0.3 is 4.52 Å². The first-order valence-electron chi connectivity index (χ1n) is 9.05. The number of aryl methyl sites for hydroxylation is 1. The van der Waals surface area contributed by atoms with E-state index in [9.17, 15) is 8.42 Å². The summed E-state index contributed by atoms with van der Waals surface area (Å²) in [5, 5.41) is 5.71. The molecule has 2 aromatic heterocycles. The maximum absolute atomic E-state index is 13.3. The van der Waals surface area contributed by atoms with Gasteiger partial charge in [0.25, 0.3) is 15.9 Å². The molecule has 0 saturated heterocycles. The highest BCUT2D eigenvalue weighted by Gasteiger charge is 2.28. The average Bonchev–Trinajstić information content (AvgIpc) is 3.43. The van der Waals surface area contributed by atoms with Gasteiger partial charge in [-0.15, -0.1) is 11.3 Å². The van der Waals surface area contributed by atoms with E-state index in [2.05, 4.69) is 17.1 Å². The molecule has 0 aliphatic heterocycles. The molecular weight excluding hydrogens is 406 g/mol. The highest BCUT2D eigenvalue weighted by atomic mass is 32.2. The molecule has 0 aliphatic rings. The number of hydrogen-bond donors (Lipinski definition) is 0.